The van der Waals surface area contributed by atoms with Gasteiger partial charge in [-0.3, -0.25) is 4.79 Å². The summed E-state index contributed by atoms with van der Waals surface area (Å²) in [6.45, 7) is 0.902. The van der Waals surface area contributed by atoms with Crippen molar-refractivity contribution in [3.63, 3.8) is 0 Å². The Labute approximate surface area is 156 Å². The highest BCUT2D eigenvalue weighted by Crippen LogP contribution is 2.21. The van der Waals surface area contributed by atoms with Crippen LogP contribution in [0.4, 0.5) is 8.78 Å². The molecule has 2 aromatic carbocycles. The van der Waals surface area contributed by atoms with Gasteiger partial charge in [0.2, 0.25) is 5.91 Å². The minimum absolute atomic E-state index is 0.0873. The van der Waals surface area contributed by atoms with E-state index < -0.39 is 6.04 Å². The van der Waals surface area contributed by atoms with E-state index in [2.05, 4.69) is 10.6 Å². The van der Waals surface area contributed by atoms with E-state index in [0.717, 1.165) is 23.6 Å². The summed E-state index contributed by atoms with van der Waals surface area (Å²) in [4.78, 5) is 12.5. The van der Waals surface area contributed by atoms with E-state index in [4.69, 9.17) is 0 Å². The molecule has 1 aliphatic heterocycles. The van der Waals surface area contributed by atoms with E-state index >= 15 is 0 Å². The molecule has 3 rings (SSSR count). The van der Waals surface area contributed by atoms with Crippen molar-refractivity contribution in [1.29, 1.82) is 0 Å². The van der Waals surface area contributed by atoms with Crippen LogP contribution >= 0.6 is 11.8 Å². The normalized spacial score (nSPS) is 18.3. The maximum Gasteiger partial charge on any atom is 0.222 e. The maximum absolute atomic E-state index is 13.7. The molecule has 1 saturated heterocycles. The predicted octanol–water partition coefficient (Wildman–Crippen LogP) is 3.46. The van der Waals surface area contributed by atoms with E-state index in [1.807, 2.05) is 11.8 Å². The molecular formula is C20H22F2N2OS. The molecule has 0 bridgehead atoms. The van der Waals surface area contributed by atoms with Crippen LogP contribution in [0.1, 0.15) is 23.6 Å². The van der Waals surface area contributed by atoms with E-state index in [9.17, 15) is 13.6 Å². The van der Waals surface area contributed by atoms with Crippen LogP contribution in [0.2, 0.25) is 0 Å². The third-order valence-electron chi connectivity index (χ3n) is 4.35. The highest BCUT2D eigenvalue weighted by atomic mass is 32.2. The number of benzene rings is 2. The van der Waals surface area contributed by atoms with Crippen LogP contribution in [0.5, 0.6) is 0 Å². The van der Waals surface area contributed by atoms with Crippen LogP contribution < -0.4 is 10.6 Å². The Hall–Kier alpha value is -1.92. The van der Waals surface area contributed by atoms with Gasteiger partial charge in [-0.2, -0.15) is 11.8 Å². The molecule has 6 heteroatoms. The Morgan fingerprint density at radius 1 is 1.19 bits per heavy atom. The minimum atomic E-state index is -0.406. The molecule has 138 valence electrons. The summed E-state index contributed by atoms with van der Waals surface area (Å²) in [7, 11) is 0. The summed E-state index contributed by atoms with van der Waals surface area (Å²) < 4.78 is 27.2. The first-order valence-electron chi connectivity index (χ1n) is 8.70. The molecule has 0 radical (unpaired) electrons. The molecule has 1 amide bonds. The lowest BCUT2D eigenvalue weighted by atomic mass is 9.98. The van der Waals surface area contributed by atoms with Crippen LogP contribution in [-0.4, -0.2) is 30.0 Å². The van der Waals surface area contributed by atoms with Crippen LogP contribution in [0.3, 0.4) is 0 Å². The van der Waals surface area contributed by atoms with E-state index in [0.29, 0.717) is 18.4 Å². The summed E-state index contributed by atoms with van der Waals surface area (Å²) in [5.41, 5.74) is 1.43. The number of amides is 1. The van der Waals surface area contributed by atoms with Crippen molar-refractivity contribution in [3.8, 4) is 0 Å². The summed E-state index contributed by atoms with van der Waals surface area (Å²) in [5, 5.41) is 6.34. The third-order valence-corrected chi connectivity index (χ3v) is 5.48. The topological polar surface area (TPSA) is 41.1 Å². The third kappa shape index (κ3) is 5.54. The summed E-state index contributed by atoms with van der Waals surface area (Å²) in [6.07, 6.45) is 0.780. The Bertz CT molecular complexity index is 750. The number of rotatable bonds is 6. The largest absolute Gasteiger partial charge is 0.349 e. The monoisotopic (exact) mass is 376 g/mol. The fourth-order valence-corrected chi connectivity index (χ4v) is 4.05. The van der Waals surface area contributed by atoms with Gasteiger partial charge in [-0.25, -0.2) is 8.78 Å². The summed E-state index contributed by atoms with van der Waals surface area (Å²) >= 11 is 1.83. The molecule has 2 atom stereocenters. The van der Waals surface area contributed by atoms with Crippen LogP contribution in [0.15, 0.2) is 48.5 Å². The van der Waals surface area contributed by atoms with Crippen LogP contribution in [-0.2, 0) is 11.2 Å². The number of carbonyl (C=O) groups is 1. The molecule has 1 heterocycles. The van der Waals surface area contributed by atoms with E-state index in [-0.39, 0.29) is 23.6 Å². The average molecular weight is 376 g/mol. The predicted molar refractivity (Wildman–Crippen MR) is 101 cm³/mol. The minimum Gasteiger partial charge on any atom is -0.349 e. The lowest BCUT2D eigenvalue weighted by molar-refractivity contribution is -0.122. The molecular weight excluding hydrogens is 354 g/mol. The van der Waals surface area contributed by atoms with Crippen molar-refractivity contribution >= 4 is 17.7 Å². The fraction of sp³-hybridized carbons (Fsp3) is 0.350. The van der Waals surface area contributed by atoms with Crippen molar-refractivity contribution in [3.05, 3.63) is 71.3 Å². The zero-order chi connectivity index (χ0) is 18.4. The van der Waals surface area contributed by atoms with Crippen molar-refractivity contribution in [2.75, 3.05) is 18.1 Å². The summed E-state index contributed by atoms with van der Waals surface area (Å²) in [5.74, 6) is 1.20. The van der Waals surface area contributed by atoms with Gasteiger partial charge in [0.15, 0.2) is 0 Å². The Balaban J connectivity index is 1.72. The summed E-state index contributed by atoms with van der Waals surface area (Å²) in [6, 6.07) is 12.2. The maximum atomic E-state index is 13.7. The fourth-order valence-electron chi connectivity index (χ4n) is 3.10. The van der Waals surface area contributed by atoms with Gasteiger partial charge < -0.3 is 10.6 Å². The van der Waals surface area contributed by atoms with Gasteiger partial charge in [0.05, 0.1) is 6.04 Å². The van der Waals surface area contributed by atoms with Gasteiger partial charge in [-0.05, 0) is 41.8 Å². The number of hydrogen-bond donors (Lipinski definition) is 2. The van der Waals surface area contributed by atoms with Gasteiger partial charge in [-0.15, -0.1) is 0 Å². The second kappa shape index (κ2) is 9.14. The van der Waals surface area contributed by atoms with Crippen molar-refractivity contribution < 1.29 is 13.6 Å². The number of hydrogen-bond acceptors (Lipinski definition) is 3. The zero-order valence-electron chi connectivity index (χ0n) is 14.4. The number of carbonyl (C=O) groups excluding carboxylic acids is 1. The average Bonchev–Trinajstić information content (AvgIpc) is 2.62. The molecule has 0 spiro atoms. The second-order valence-electron chi connectivity index (χ2n) is 6.44. The molecule has 0 saturated carbocycles. The van der Waals surface area contributed by atoms with Gasteiger partial charge in [0.1, 0.15) is 11.6 Å². The Kier molecular flexibility index (Phi) is 6.63. The quantitative estimate of drug-likeness (QED) is 0.811. The van der Waals surface area contributed by atoms with Gasteiger partial charge in [-0.1, -0.05) is 24.3 Å². The lowest BCUT2D eigenvalue weighted by Gasteiger charge is -2.25. The highest BCUT2D eigenvalue weighted by molar-refractivity contribution is 7.99. The second-order valence-corrected chi connectivity index (χ2v) is 7.59. The first-order chi connectivity index (χ1) is 12.6. The molecule has 1 aliphatic rings. The molecule has 26 heavy (non-hydrogen) atoms. The van der Waals surface area contributed by atoms with Crippen molar-refractivity contribution in [2.45, 2.75) is 24.9 Å². The number of thioether (sulfide) groups is 1. The Morgan fingerprint density at radius 3 is 2.65 bits per heavy atom. The highest BCUT2D eigenvalue weighted by Gasteiger charge is 2.20. The van der Waals surface area contributed by atoms with Gasteiger partial charge >= 0.3 is 0 Å². The first-order valence-corrected chi connectivity index (χ1v) is 9.86. The lowest BCUT2D eigenvalue weighted by Crippen LogP contribution is -2.42. The van der Waals surface area contributed by atoms with E-state index in [1.54, 1.807) is 24.3 Å². The van der Waals surface area contributed by atoms with E-state index in [1.165, 1.54) is 24.3 Å². The molecule has 0 aromatic heterocycles. The standard InChI is InChI=1S/C20H22F2N2OS/c21-16-5-1-3-14(9-16)10-19(15-4-2-6-17(22)11-15)24-20(25)12-18-13-26-8-7-23-18/h1-6,9,11,18-19,23H,7-8,10,12-13H2,(H,24,25). The number of halogens is 2. The smallest absolute Gasteiger partial charge is 0.222 e. The van der Waals surface area contributed by atoms with Gasteiger partial charge in [0.25, 0.3) is 0 Å². The molecule has 3 nitrogen and oxygen atoms in total. The SMILES string of the molecule is O=C(CC1CSCCN1)NC(Cc1cccc(F)c1)c1cccc(F)c1. The van der Waals surface area contributed by atoms with Crippen LogP contribution in [0, 0.1) is 11.6 Å². The Morgan fingerprint density at radius 2 is 1.96 bits per heavy atom. The zero-order valence-corrected chi connectivity index (χ0v) is 15.2. The molecule has 1 fully saturated rings. The molecule has 0 aliphatic carbocycles. The van der Waals surface area contributed by atoms with Crippen LogP contribution in [0.25, 0.3) is 0 Å². The molecule has 2 unspecified atom stereocenters. The number of nitrogens with one attached hydrogen (secondary N) is 2. The first kappa shape index (κ1) is 18.9. The molecule has 2 N–H and O–H groups in total. The van der Waals surface area contributed by atoms with Gasteiger partial charge in [0, 0.05) is 30.5 Å². The molecule has 2 aromatic rings. The van der Waals surface area contributed by atoms with Crippen molar-refractivity contribution in [2.24, 2.45) is 0 Å². The van der Waals surface area contributed by atoms with Crippen molar-refractivity contribution in [1.82, 2.24) is 10.6 Å².